The van der Waals surface area contributed by atoms with Gasteiger partial charge in [0.15, 0.2) is 0 Å². The molecule has 3 rings (SSSR count). The molecule has 2 aliphatic rings. The third-order valence-corrected chi connectivity index (χ3v) is 4.86. The Kier molecular flexibility index (Phi) is 5.86. The van der Waals surface area contributed by atoms with Crippen molar-refractivity contribution in [2.45, 2.75) is 44.6 Å². The molecule has 24 heavy (non-hydrogen) atoms. The minimum atomic E-state index is -0.0708. The molecule has 0 aromatic heterocycles. The SMILES string of the molecule is O=C(NC1CCCCCC1)c1cccc(C(=O)N2CCOCC2)c1. The lowest BCUT2D eigenvalue weighted by Gasteiger charge is -2.27. The van der Waals surface area contributed by atoms with Crippen molar-refractivity contribution in [1.82, 2.24) is 10.2 Å². The fourth-order valence-electron chi connectivity index (χ4n) is 3.43. The lowest BCUT2D eigenvalue weighted by Crippen LogP contribution is -2.40. The number of hydrogen-bond donors (Lipinski definition) is 1. The van der Waals surface area contributed by atoms with Crippen LogP contribution in [0.15, 0.2) is 24.3 Å². The van der Waals surface area contributed by atoms with Gasteiger partial charge in [0.2, 0.25) is 0 Å². The minimum absolute atomic E-state index is 0.0255. The average Bonchev–Trinajstić information content (AvgIpc) is 2.90. The van der Waals surface area contributed by atoms with E-state index in [4.69, 9.17) is 4.74 Å². The average molecular weight is 330 g/mol. The van der Waals surface area contributed by atoms with Crippen LogP contribution in [0.5, 0.6) is 0 Å². The Labute approximate surface area is 143 Å². The largest absolute Gasteiger partial charge is 0.378 e. The Bertz CT molecular complexity index is 574. The van der Waals surface area contributed by atoms with E-state index in [1.54, 1.807) is 29.2 Å². The van der Waals surface area contributed by atoms with Gasteiger partial charge >= 0.3 is 0 Å². The number of carbonyl (C=O) groups is 2. The highest BCUT2D eigenvalue weighted by molar-refractivity contribution is 5.99. The highest BCUT2D eigenvalue weighted by Gasteiger charge is 2.20. The molecule has 1 aliphatic heterocycles. The van der Waals surface area contributed by atoms with Gasteiger partial charge in [-0.25, -0.2) is 0 Å². The zero-order valence-electron chi connectivity index (χ0n) is 14.1. The molecule has 2 amide bonds. The van der Waals surface area contributed by atoms with Gasteiger partial charge in [0.1, 0.15) is 0 Å². The molecule has 130 valence electrons. The minimum Gasteiger partial charge on any atom is -0.378 e. The number of nitrogens with one attached hydrogen (secondary N) is 1. The van der Waals surface area contributed by atoms with Crippen molar-refractivity contribution in [2.75, 3.05) is 26.3 Å². The summed E-state index contributed by atoms with van der Waals surface area (Å²) >= 11 is 0. The zero-order chi connectivity index (χ0) is 16.8. The highest BCUT2D eigenvalue weighted by atomic mass is 16.5. The number of benzene rings is 1. The topological polar surface area (TPSA) is 58.6 Å². The molecule has 0 unspecified atom stereocenters. The van der Waals surface area contributed by atoms with Crippen molar-refractivity contribution < 1.29 is 14.3 Å². The van der Waals surface area contributed by atoms with E-state index < -0.39 is 0 Å². The van der Waals surface area contributed by atoms with Crippen molar-refractivity contribution >= 4 is 11.8 Å². The molecule has 1 saturated carbocycles. The molecule has 1 aliphatic carbocycles. The Morgan fingerprint density at radius 2 is 1.67 bits per heavy atom. The van der Waals surface area contributed by atoms with Gasteiger partial charge in [-0.15, -0.1) is 0 Å². The molecule has 5 nitrogen and oxygen atoms in total. The molecule has 2 fully saturated rings. The van der Waals surface area contributed by atoms with Gasteiger partial charge < -0.3 is 15.0 Å². The van der Waals surface area contributed by atoms with Crippen LogP contribution in [0.25, 0.3) is 0 Å². The van der Waals surface area contributed by atoms with Gasteiger partial charge in [0.05, 0.1) is 13.2 Å². The Balaban J connectivity index is 1.65. The van der Waals surface area contributed by atoms with Crippen LogP contribution < -0.4 is 5.32 Å². The van der Waals surface area contributed by atoms with Crippen LogP contribution in [0.3, 0.4) is 0 Å². The van der Waals surface area contributed by atoms with E-state index in [9.17, 15) is 9.59 Å². The summed E-state index contributed by atoms with van der Waals surface area (Å²) in [7, 11) is 0. The molecule has 0 atom stereocenters. The molecule has 0 radical (unpaired) electrons. The van der Waals surface area contributed by atoms with Crippen LogP contribution in [0.4, 0.5) is 0 Å². The molecular weight excluding hydrogens is 304 g/mol. The van der Waals surface area contributed by atoms with Crippen LogP contribution in [-0.4, -0.2) is 49.1 Å². The number of ether oxygens (including phenoxy) is 1. The van der Waals surface area contributed by atoms with E-state index in [-0.39, 0.29) is 17.9 Å². The van der Waals surface area contributed by atoms with Gasteiger partial charge in [-0.3, -0.25) is 9.59 Å². The normalized spacial score (nSPS) is 19.6. The van der Waals surface area contributed by atoms with Gasteiger partial charge in [0.25, 0.3) is 11.8 Å². The first-order valence-electron chi connectivity index (χ1n) is 9.02. The van der Waals surface area contributed by atoms with Gasteiger partial charge in [-0.2, -0.15) is 0 Å². The summed E-state index contributed by atoms with van der Waals surface area (Å²) in [6.45, 7) is 2.37. The summed E-state index contributed by atoms with van der Waals surface area (Å²) < 4.78 is 5.28. The fraction of sp³-hybridized carbons (Fsp3) is 0.579. The Morgan fingerprint density at radius 1 is 1.00 bits per heavy atom. The van der Waals surface area contributed by atoms with Gasteiger partial charge in [-0.1, -0.05) is 31.7 Å². The summed E-state index contributed by atoms with van der Waals surface area (Å²) in [6.07, 6.45) is 6.99. The van der Waals surface area contributed by atoms with E-state index in [1.165, 1.54) is 25.7 Å². The lowest BCUT2D eigenvalue weighted by atomic mass is 10.1. The summed E-state index contributed by atoms with van der Waals surface area (Å²) in [6, 6.07) is 7.32. The van der Waals surface area contributed by atoms with Crippen LogP contribution in [-0.2, 0) is 4.74 Å². The maximum Gasteiger partial charge on any atom is 0.254 e. The zero-order valence-corrected chi connectivity index (χ0v) is 14.1. The quantitative estimate of drug-likeness (QED) is 0.867. The first kappa shape index (κ1) is 17.0. The summed E-state index contributed by atoms with van der Waals surface area (Å²) in [5.41, 5.74) is 1.14. The van der Waals surface area contributed by atoms with Crippen molar-refractivity contribution in [3.63, 3.8) is 0 Å². The van der Waals surface area contributed by atoms with E-state index in [2.05, 4.69) is 5.32 Å². The molecule has 5 heteroatoms. The molecule has 0 bridgehead atoms. The number of rotatable bonds is 3. The van der Waals surface area contributed by atoms with E-state index in [0.717, 1.165) is 12.8 Å². The number of amides is 2. The van der Waals surface area contributed by atoms with Gasteiger partial charge in [0, 0.05) is 30.3 Å². The maximum atomic E-state index is 12.5. The van der Waals surface area contributed by atoms with Crippen LogP contribution in [0.2, 0.25) is 0 Å². The van der Waals surface area contributed by atoms with Crippen LogP contribution in [0, 0.1) is 0 Å². The molecule has 1 heterocycles. The third-order valence-electron chi connectivity index (χ3n) is 4.86. The maximum absolute atomic E-state index is 12.5. The van der Waals surface area contributed by atoms with Crippen LogP contribution >= 0.6 is 0 Å². The number of carbonyl (C=O) groups excluding carboxylic acids is 2. The lowest BCUT2D eigenvalue weighted by molar-refractivity contribution is 0.0303. The standard InChI is InChI=1S/C19H26N2O3/c22-18(20-17-8-3-1-2-4-9-17)15-6-5-7-16(14-15)19(23)21-10-12-24-13-11-21/h5-7,14,17H,1-4,8-13H2,(H,20,22). The van der Waals surface area contributed by atoms with E-state index >= 15 is 0 Å². The summed E-state index contributed by atoms with van der Waals surface area (Å²) in [5.74, 6) is -0.0963. The second-order valence-electron chi connectivity index (χ2n) is 6.65. The summed E-state index contributed by atoms with van der Waals surface area (Å²) in [4.78, 5) is 26.9. The number of hydrogen-bond acceptors (Lipinski definition) is 3. The van der Waals surface area contributed by atoms with E-state index in [0.29, 0.717) is 37.4 Å². The van der Waals surface area contributed by atoms with Crippen molar-refractivity contribution in [3.8, 4) is 0 Å². The molecule has 1 N–H and O–H groups in total. The van der Waals surface area contributed by atoms with Crippen molar-refractivity contribution in [2.24, 2.45) is 0 Å². The number of nitrogens with zero attached hydrogens (tertiary/aromatic N) is 1. The first-order valence-corrected chi connectivity index (χ1v) is 9.02. The summed E-state index contributed by atoms with van der Waals surface area (Å²) in [5, 5.41) is 3.14. The Hall–Kier alpha value is -1.88. The van der Waals surface area contributed by atoms with E-state index in [1.807, 2.05) is 0 Å². The van der Waals surface area contributed by atoms with Crippen molar-refractivity contribution in [3.05, 3.63) is 35.4 Å². The third kappa shape index (κ3) is 4.35. The second-order valence-corrected chi connectivity index (χ2v) is 6.65. The predicted octanol–water partition coefficient (Wildman–Crippen LogP) is 2.61. The molecule has 1 aromatic carbocycles. The molecular formula is C19H26N2O3. The smallest absolute Gasteiger partial charge is 0.254 e. The first-order chi connectivity index (χ1) is 11.7. The molecule has 1 aromatic rings. The Morgan fingerprint density at radius 3 is 2.38 bits per heavy atom. The highest BCUT2D eigenvalue weighted by Crippen LogP contribution is 2.18. The fourth-order valence-corrected chi connectivity index (χ4v) is 3.43. The monoisotopic (exact) mass is 330 g/mol. The predicted molar refractivity (Wildman–Crippen MR) is 92.1 cm³/mol. The molecule has 0 spiro atoms. The number of morpholine rings is 1. The van der Waals surface area contributed by atoms with Gasteiger partial charge in [-0.05, 0) is 31.0 Å². The van der Waals surface area contributed by atoms with Crippen molar-refractivity contribution in [1.29, 1.82) is 0 Å². The second kappa shape index (κ2) is 8.29. The molecule has 1 saturated heterocycles. The van der Waals surface area contributed by atoms with Crippen LogP contribution in [0.1, 0.15) is 59.2 Å².